The van der Waals surface area contributed by atoms with E-state index in [-0.39, 0.29) is 11.7 Å². The maximum atomic E-state index is 12.1. The zero-order valence-corrected chi connectivity index (χ0v) is 11.1. The summed E-state index contributed by atoms with van der Waals surface area (Å²) in [6.07, 6.45) is 1.67. The van der Waals surface area contributed by atoms with Gasteiger partial charge >= 0.3 is 0 Å². The largest absolute Gasteiger partial charge is 0.322 e. The van der Waals surface area contributed by atoms with E-state index in [1.54, 1.807) is 49.1 Å². The smallest absolute Gasteiger partial charge is 0.259 e. The Bertz CT molecular complexity index is 644. The Morgan fingerprint density at radius 2 is 2.05 bits per heavy atom. The Labute approximate surface area is 111 Å². The van der Waals surface area contributed by atoms with Crippen LogP contribution >= 0.6 is 0 Å². The second-order valence-corrected chi connectivity index (χ2v) is 4.39. The Hall–Kier alpha value is -2.43. The van der Waals surface area contributed by atoms with Gasteiger partial charge in [0, 0.05) is 24.5 Å². The predicted molar refractivity (Wildman–Crippen MR) is 72.3 cm³/mol. The van der Waals surface area contributed by atoms with E-state index < -0.39 is 0 Å². The summed E-state index contributed by atoms with van der Waals surface area (Å²) >= 11 is 0. The molecule has 0 radical (unpaired) electrons. The van der Waals surface area contributed by atoms with Gasteiger partial charge < -0.3 is 5.32 Å². The fourth-order valence-corrected chi connectivity index (χ4v) is 1.84. The van der Waals surface area contributed by atoms with E-state index in [0.29, 0.717) is 22.5 Å². The number of benzene rings is 1. The lowest BCUT2D eigenvalue weighted by Gasteiger charge is -2.05. The molecule has 5 heteroatoms. The quantitative estimate of drug-likeness (QED) is 0.857. The Morgan fingerprint density at radius 3 is 2.63 bits per heavy atom. The zero-order valence-electron chi connectivity index (χ0n) is 11.1. The highest BCUT2D eigenvalue weighted by atomic mass is 16.1. The van der Waals surface area contributed by atoms with Crippen LogP contribution in [0.5, 0.6) is 0 Å². The molecule has 2 aromatic rings. The minimum absolute atomic E-state index is 0.0337. The molecule has 0 aliphatic rings. The number of carbonyl (C=O) groups excluding carboxylic acids is 2. The number of nitrogens with one attached hydrogen (secondary N) is 1. The number of Topliss-reactive ketones (excluding diaryl/α,β-unsaturated/α-hetero) is 1. The van der Waals surface area contributed by atoms with Gasteiger partial charge in [0.05, 0.1) is 11.3 Å². The zero-order chi connectivity index (χ0) is 14.0. The fraction of sp³-hybridized carbons (Fsp3) is 0.214. The lowest BCUT2D eigenvalue weighted by Crippen LogP contribution is -2.12. The molecule has 2 rings (SSSR count). The monoisotopic (exact) mass is 257 g/mol. The van der Waals surface area contributed by atoms with Gasteiger partial charge in [0.15, 0.2) is 5.78 Å². The molecule has 0 saturated carbocycles. The molecule has 0 atom stereocenters. The van der Waals surface area contributed by atoms with Crippen molar-refractivity contribution >= 4 is 17.4 Å². The van der Waals surface area contributed by atoms with Crippen LogP contribution in [-0.2, 0) is 7.05 Å². The first-order chi connectivity index (χ1) is 8.97. The lowest BCUT2D eigenvalue weighted by atomic mass is 10.1. The van der Waals surface area contributed by atoms with Gasteiger partial charge in [0.25, 0.3) is 5.91 Å². The minimum atomic E-state index is -0.230. The van der Waals surface area contributed by atoms with Crippen LogP contribution in [-0.4, -0.2) is 21.5 Å². The van der Waals surface area contributed by atoms with Crippen LogP contribution in [0.2, 0.25) is 0 Å². The van der Waals surface area contributed by atoms with Gasteiger partial charge in [-0.05, 0) is 26.0 Å². The number of aromatic nitrogens is 2. The molecule has 1 amide bonds. The van der Waals surface area contributed by atoms with Gasteiger partial charge in [-0.25, -0.2) is 0 Å². The van der Waals surface area contributed by atoms with Crippen molar-refractivity contribution in [3.05, 3.63) is 47.3 Å². The van der Waals surface area contributed by atoms with Crippen molar-refractivity contribution in [2.75, 3.05) is 5.32 Å². The summed E-state index contributed by atoms with van der Waals surface area (Å²) in [5.41, 5.74) is 2.36. The molecule has 1 aromatic heterocycles. The van der Waals surface area contributed by atoms with Gasteiger partial charge in [0.2, 0.25) is 0 Å². The van der Waals surface area contributed by atoms with E-state index in [4.69, 9.17) is 0 Å². The van der Waals surface area contributed by atoms with Crippen LogP contribution in [0.3, 0.4) is 0 Å². The van der Waals surface area contributed by atoms with E-state index in [1.807, 2.05) is 0 Å². The third-order valence-corrected chi connectivity index (χ3v) is 2.79. The van der Waals surface area contributed by atoms with E-state index >= 15 is 0 Å². The number of anilines is 1. The highest BCUT2D eigenvalue weighted by Crippen LogP contribution is 2.14. The fourth-order valence-electron chi connectivity index (χ4n) is 1.84. The van der Waals surface area contributed by atoms with E-state index in [0.717, 1.165) is 0 Å². The molecule has 5 nitrogen and oxygen atoms in total. The molecule has 0 unspecified atom stereocenters. The minimum Gasteiger partial charge on any atom is -0.322 e. The number of carbonyl (C=O) groups is 2. The maximum absolute atomic E-state index is 12.1. The molecule has 1 aromatic carbocycles. The van der Waals surface area contributed by atoms with Gasteiger partial charge in [-0.1, -0.05) is 12.1 Å². The SMILES string of the molecule is CC(=O)c1cccc(NC(=O)c2cn(C)nc2C)c1. The summed E-state index contributed by atoms with van der Waals surface area (Å²) in [4.78, 5) is 23.4. The first kappa shape index (κ1) is 13.0. The highest BCUT2D eigenvalue weighted by molar-refractivity contribution is 6.05. The standard InChI is InChI=1S/C14H15N3O2/c1-9-13(8-17(3)16-9)14(19)15-12-6-4-5-11(7-12)10(2)18/h4-8H,1-3H3,(H,15,19). The summed E-state index contributed by atoms with van der Waals surface area (Å²) in [5.74, 6) is -0.264. The third-order valence-electron chi connectivity index (χ3n) is 2.79. The van der Waals surface area contributed by atoms with E-state index in [9.17, 15) is 9.59 Å². The van der Waals surface area contributed by atoms with Crippen molar-refractivity contribution in [1.82, 2.24) is 9.78 Å². The molecule has 1 heterocycles. The molecule has 0 saturated heterocycles. The molecular formula is C14H15N3O2. The van der Waals surface area contributed by atoms with Crippen LogP contribution < -0.4 is 5.32 Å². The van der Waals surface area contributed by atoms with Crippen molar-refractivity contribution in [2.24, 2.45) is 7.05 Å². The maximum Gasteiger partial charge on any atom is 0.259 e. The first-order valence-electron chi connectivity index (χ1n) is 5.90. The van der Waals surface area contributed by atoms with Gasteiger partial charge in [0.1, 0.15) is 0 Å². The number of aryl methyl sites for hydroxylation is 2. The van der Waals surface area contributed by atoms with Gasteiger partial charge in [-0.15, -0.1) is 0 Å². The molecule has 0 aliphatic heterocycles. The number of amides is 1. The van der Waals surface area contributed by atoms with E-state index in [2.05, 4.69) is 10.4 Å². The van der Waals surface area contributed by atoms with E-state index in [1.165, 1.54) is 6.92 Å². The number of hydrogen-bond donors (Lipinski definition) is 1. The summed E-state index contributed by atoms with van der Waals surface area (Å²) < 4.78 is 1.59. The van der Waals surface area contributed by atoms with Crippen molar-refractivity contribution in [1.29, 1.82) is 0 Å². The number of rotatable bonds is 3. The van der Waals surface area contributed by atoms with Crippen LogP contribution in [0.1, 0.15) is 33.3 Å². The average Bonchev–Trinajstić information content (AvgIpc) is 2.69. The Morgan fingerprint density at radius 1 is 1.32 bits per heavy atom. The summed E-state index contributed by atoms with van der Waals surface area (Å²) in [6.45, 7) is 3.27. The summed E-state index contributed by atoms with van der Waals surface area (Å²) in [5, 5.41) is 6.88. The van der Waals surface area contributed by atoms with Crippen LogP contribution in [0.25, 0.3) is 0 Å². The first-order valence-corrected chi connectivity index (χ1v) is 5.90. The number of nitrogens with zero attached hydrogens (tertiary/aromatic N) is 2. The predicted octanol–water partition coefficient (Wildman–Crippen LogP) is 2.18. The molecule has 98 valence electrons. The number of hydrogen-bond acceptors (Lipinski definition) is 3. The van der Waals surface area contributed by atoms with Gasteiger partial charge in [-0.3, -0.25) is 14.3 Å². The van der Waals surface area contributed by atoms with Crippen molar-refractivity contribution in [3.8, 4) is 0 Å². The second kappa shape index (κ2) is 5.06. The van der Waals surface area contributed by atoms with Crippen LogP contribution in [0.4, 0.5) is 5.69 Å². The Balaban J connectivity index is 2.21. The summed E-state index contributed by atoms with van der Waals surface area (Å²) in [6, 6.07) is 6.86. The topological polar surface area (TPSA) is 64.0 Å². The Kier molecular flexibility index (Phi) is 3.46. The van der Waals surface area contributed by atoms with Crippen molar-refractivity contribution < 1.29 is 9.59 Å². The normalized spacial score (nSPS) is 10.3. The lowest BCUT2D eigenvalue weighted by molar-refractivity contribution is 0.101. The molecular weight excluding hydrogens is 242 g/mol. The molecule has 0 bridgehead atoms. The molecule has 0 fully saturated rings. The van der Waals surface area contributed by atoms with Crippen LogP contribution in [0, 0.1) is 6.92 Å². The van der Waals surface area contributed by atoms with Crippen molar-refractivity contribution in [3.63, 3.8) is 0 Å². The third kappa shape index (κ3) is 2.88. The van der Waals surface area contributed by atoms with Gasteiger partial charge in [-0.2, -0.15) is 5.10 Å². The second-order valence-electron chi connectivity index (χ2n) is 4.39. The molecule has 0 aliphatic carbocycles. The average molecular weight is 257 g/mol. The summed E-state index contributed by atoms with van der Waals surface area (Å²) in [7, 11) is 1.76. The molecule has 1 N–H and O–H groups in total. The number of ketones is 1. The van der Waals surface area contributed by atoms with Crippen molar-refractivity contribution in [2.45, 2.75) is 13.8 Å². The highest BCUT2D eigenvalue weighted by Gasteiger charge is 2.13. The molecule has 19 heavy (non-hydrogen) atoms. The van der Waals surface area contributed by atoms with Crippen LogP contribution in [0.15, 0.2) is 30.5 Å². The molecule has 0 spiro atoms.